The summed E-state index contributed by atoms with van der Waals surface area (Å²) in [5.41, 5.74) is 3.63. The number of methoxy groups -OCH3 is 1. The van der Waals surface area contributed by atoms with Crippen LogP contribution in [0.25, 0.3) is 0 Å². The van der Waals surface area contributed by atoms with E-state index in [1.807, 2.05) is 42.3 Å². The smallest absolute Gasteiger partial charge is 0.223 e. The molecule has 0 atom stereocenters. The highest BCUT2D eigenvalue weighted by Crippen LogP contribution is 2.23. The molecular weight excluding hydrogens is 376 g/mol. The summed E-state index contributed by atoms with van der Waals surface area (Å²) in [5, 5.41) is 3.33. The van der Waals surface area contributed by atoms with Crippen LogP contribution in [-0.2, 0) is 24.4 Å². The number of nitrogens with zero attached hydrogens (tertiary/aromatic N) is 3. The topological polar surface area (TPSA) is 57.2 Å². The highest BCUT2D eigenvalue weighted by atomic mass is 16.5. The third kappa shape index (κ3) is 5.53. The van der Waals surface area contributed by atoms with E-state index in [0.29, 0.717) is 19.5 Å². The molecule has 1 N–H and O–H groups in total. The maximum absolute atomic E-state index is 12.6. The van der Waals surface area contributed by atoms with Gasteiger partial charge in [-0.05, 0) is 30.5 Å². The predicted molar refractivity (Wildman–Crippen MR) is 120 cm³/mol. The highest BCUT2D eigenvalue weighted by molar-refractivity contribution is 5.80. The van der Waals surface area contributed by atoms with Gasteiger partial charge < -0.3 is 19.9 Å². The average Bonchev–Trinajstić information content (AvgIpc) is 3.20. The largest absolute Gasteiger partial charge is 0.496 e. The molecule has 1 heterocycles. The van der Waals surface area contributed by atoms with Crippen molar-refractivity contribution in [1.29, 1.82) is 0 Å². The minimum absolute atomic E-state index is 0.203. The summed E-state index contributed by atoms with van der Waals surface area (Å²) in [7, 11) is 3.70. The molecule has 0 bridgehead atoms. The number of fused-ring (bicyclic) bond motifs is 1. The number of benzene rings is 2. The zero-order chi connectivity index (χ0) is 21.3. The number of hydrogen-bond acceptors (Lipinski definition) is 3. The van der Waals surface area contributed by atoms with Gasteiger partial charge in [0.2, 0.25) is 5.91 Å². The molecular formula is C24H32N4O2. The van der Waals surface area contributed by atoms with E-state index in [1.54, 1.807) is 7.11 Å². The number of aliphatic imine (C=N–C) groups is 1. The van der Waals surface area contributed by atoms with Gasteiger partial charge in [-0.25, -0.2) is 0 Å². The lowest BCUT2D eigenvalue weighted by Crippen LogP contribution is -2.38. The second kappa shape index (κ2) is 10.7. The fourth-order valence-corrected chi connectivity index (χ4v) is 3.72. The zero-order valence-corrected chi connectivity index (χ0v) is 18.2. The molecule has 0 radical (unpaired) electrons. The van der Waals surface area contributed by atoms with Crippen molar-refractivity contribution in [3.8, 4) is 5.75 Å². The Bertz CT molecular complexity index is 856. The molecule has 0 aliphatic carbocycles. The molecule has 1 aliphatic heterocycles. The van der Waals surface area contributed by atoms with Crippen molar-refractivity contribution in [3.05, 3.63) is 65.2 Å². The quantitative estimate of drug-likeness (QED) is 0.413. The van der Waals surface area contributed by atoms with E-state index in [-0.39, 0.29) is 5.91 Å². The first-order valence-corrected chi connectivity index (χ1v) is 10.6. The van der Waals surface area contributed by atoms with E-state index in [1.165, 1.54) is 11.1 Å². The Morgan fingerprint density at radius 1 is 1.13 bits per heavy atom. The fraction of sp³-hybridized carbons (Fsp3) is 0.417. The highest BCUT2D eigenvalue weighted by Gasteiger charge is 2.22. The normalized spacial score (nSPS) is 13.2. The molecule has 2 aromatic rings. The summed E-state index contributed by atoms with van der Waals surface area (Å²) in [6, 6.07) is 16.3. The number of amides is 1. The molecule has 0 aromatic heterocycles. The van der Waals surface area contributed by atoms with Crippen molar-refractivity contribution >= 4 is 11.9 Å². The Hall–Kier alpha value is -3.02. The number of ether oxygens (including phenoxy) is 1. The molecule has 0 fully saturated rings. The Kier molecular flexibility index (Phi) is 7.71. The van der Waals surface area contributed by atoms with Crippen molar-refractivity contribution in [2.45, 2.75) is 39.4 Å². The summed E-state index contributed by atoms with van der Waals surface area (Å²) < 4.78 is 5.45. The van der Waals surface area contributed by atoms with E-state index in [4.69, 9.17) is 9.73 Å². The number of nitrogens with one attached hydrogen (secondary N) is 1. The average molecular weight is 409 g/mol. The van der Waals surface area contributed by atoms with Crippen LogP contribution in [0.4, 0.5) is 0 Å². The van der Waals surface area contributed by atoms with Gasteiger partial charge in [-0.3, -0.25) is 9.79 Å². The van der Waals surface area contributed by atoms with Crippen molar-refractivity contribution in [1.82, 2.24) is 15.1 Å². The summed E-state index contributed by atoms with van der Waals surface area (Å²) in [6.07, 6.45) is 1.26. The minimum atomic E-state index is 0.203. The first-order chi connectivity index (χ1) is 14.6. The Labute approximate surface area is 179 Å². The van der Waals surface area contributed by atoms with Gasteiger partial charge in [0, 0.05) is 51.8 Å². The zero-order valence-electron chi connectivity index (χ0n) is 18.2. The summed E-state index contributed by atoms with van der Waals surface area (Å²) in [5.74, 6) is 1.91. The minimum Gasteiger partial charge on any atom is -0.496 e. The summed E-state index contributed by atoms with van der Waals surface area (Å²) in [4.78, 5) is 21.3. The maximum atomic E-state index is 12.6. The van der Waals surface area contributed by atoms with Crippen LogP contribution in [0.2, 0.25) is 0 Å². The second-order valence-corrected chi connectivity index (χ2v) is 7.53. The lowest BCUT2D eigenvalue weighted by Gasteiger charge is -2.23. The van der Waals surface area contributed by atoms with E-state index < -0.39 is 0 Å². The van der Waals surface area contributed by atoms with Crippen molar-refractivity contribution in [2.75, 3.05) is 27.2 Å². The number of guanidine groups is 1. The van der Waals surface area contributed by atoms with Gasteiger partial charge in [-0.2, -0.15) is 0 Å². The summed E-state index contributed by atoms with van der Waals surface area (Å²) >= 11 is 0. The molecule has 1 aliphatic rings. The number of para-hydroxylation sites is 1. The van der Waals surface area contributed by atoms with Gasteiger partial charge in [0.1, 0.15) is 5.75 Å². The molecule has 30 heavy (non-hydrogen) atoms. The van der Waals surface area contributed by atoms with Crippen LogP contribution in [0.1, 0.15) is 36.5 Å². The van der Waals surface area contributed by atoms with Crippen molar-refractivity contribution < 1.29 is 9.53 Å². The molecule has 160 valence electrons. The monoisotopic (exact) mass is 408 g/mol. The van der Waals surface area contributed by atoms with Crippen molar-refractivity contribution in [2.24, 2.45) is 4.99 Å². The van der Waals surface area contributed by atoms with Crippen LogP contribution < -0.4 is 10.1 Å². The van der Waals surface area contributed by atoms with Gasteiger partial charge in [0.25, 0.3) is 0 Å². The Balaban J connectivity index is 1.50. The fourth-order valence-electron chi connectivity index (χ4n) is 3.72. The third-order valence-electron chi connectivity index (χ3n) is 5.30. The number of hydrogen-bond donors (Lipinski definition) is 1. The molecule has 3 rings (SSSR count). The third-order valence-corrected chi connectivity index (χ3v) is 5.30. The number of carbonyl (C=O) groups is 1. The molecule has 0 saturated heterocycles. The van der Waals surface area contributed by atoms with Crippen LogP contribution in [0.15, 0.2) is 53.5 Å². The van der Waals surface area contributed by atoms with Gasteiger partial charge in [-0.1, -0.05) is 42.5 Å². The SMILES string of the molecule is CCNC(=NCCCC(=O)N1Cc2ccccc2C1)N(C)Cc1ccccc1OC. The van der Waals surface area contributed by atoms with Gasteiger partial charge in [0.15, 0.2) is 5.96 Å². The Morgan fingerprint density at radius 3 is 2.47 bits per heavy atom. The molecule has 0 spiro atoms. The lowest BCUT2D eigenvalue weighted by molar-refractivity contribution is -0.131. The Morgan fingerprint density at radius 2 is 1.80 bits per heavy atom. The molecule has 0 saturated carbocycles. The lowest BCUT2D eigenvalue weighted by atomic mass is 10.1. The maximum Gasteiger partial charge on any atom is 0.223 e. The number of carbonyl (C=O) groups excluding carboxylic acids is 1. The molecule has 0 unspecified atom stereocenters. The molecule has 1 amide bonds. The number of rotatable bonds is 8. The van der Waals surface area contributed by atoms with E-state index >= 15 is 0 Å². The van der Waals surface area contributed by atoms with Gasteiger partial charge >= 0.3 is 0 Å². The van der Waals surface area contributed by atoms with Gasteiger partial charge in [-0.15, -0.1) is 0 Å². The summed E-state index contributed by atoms with van der Waals surface area (Å²) in [6.45, 7) is 5.61. The van der Waals surface area contributed by atoms with Crippen LogP contribution in [0.5, 0.6) is 5.75 Å². The predicted octanol–water partition coefficient (Wildman–Crippen LogP) is 3.42. The first kappa shape index (κ1) is 21.7. The van der Waals surface area contributed by atoms with Crippen LogP contribution in [-0.4, -0.2) is 48.9 Å². The molecule has 6 nitrogen and oxygen atoms in total. The first-order valence-electron chi connectivity index (χ1n) is 10.6. The van der Waals surface area contributed by atoms with Crippen molar-refractivity contribution in [3.63, 3.8) is 0 Å². The van der Waals surface area contributed by atoms with Crippen LogP contribution in [0, 0.1) is 0 Å². The van der Waals surface area contributed by atoms with E-state index in [9.17, 15) is 4.79 Å². The van der Waals surface area contributed by atoms with Crippen LogP contribution in [0.3, 0.4) is 0 Å². The van der Waals surface area contributed by atoms with Crippen LogP contribution >= 0.6 is 0 Å². The van der Waals surface area contributed by atoms with E-state index in [2.05, 4.69) is 35.3 Å². The molecule has 6 heteroatoms. The standard InChI is InChI=1S/C24H32N4O2/c1-4-25-24(27(2)16-21-12-7-8-13-22(21)30-3)26-15-9-14-23(29)28-17-19-10-5-6-11-20(19)18-28/h5-8,10-13H,4,9,14-18H2,1-3H3,(H,25,26). The van der Waals surface area contributed by atoms with Gasteiger partial charge in [0.05, 0.1) is 7.11 Å². The molecule has 2 aromatic carbocycles. The van der Waals surface area contributed by atoms with E-state index in [0.717, 1.165) is 43.3 Å². The second-order valence-electron chi connectivity index (χ2n) is 7.53.